The van der Waals surface area contributed by atoms with Crippen LogP contribution in [0, 0.1) is 5.92 Å². The first-order chi connectivity index (χ1) is 13.9. The maximum absolute atomic E-state index is 12.7. The number of carbonyl (C=O) groups excluding carboxylic acids is 2. The van der Waals surface area contributed by atoms with Crippen LogP contribution in [0.4, 0.5) is 0 Å². The number of aliphatic imine (C=N–C) groups is 1. The third-order valence-electron chi connectivity index (χ3n) is 4.56. The fourth-order valence-electron chi connectivity index (χ4n) is 3.36. The van der Waals surface area contributed by atoms with Gasteiger partial charge in [-0.05, 0) is 31.5 Å². The van der Waals surface area contributed by atoms with E-state index in [9.17, 15) is 9.59 Å². The number of halogens is 1. The Morgan fingerprint density at radius 2 is 1.83 bits per heavy atom. The number of hydrogen-bond donors (Lipinski definition) is 2. The lowest BCUT2D eigenvalue weighted by atomic mass is 9.78. The van der Waals surface area contributed by atoms with Gasteiger partial charge in [-0.25, -0.2) is 14.8 Å². The van der Waals surface area contributed by atoms with Crippen LogP contribution in [0.1, 0.15) is 25.3 Å². The summed E-state index contributed by atoms with van der Waals surface area (Å²) in [6.45, 7) is 3.59. The molecule has 0 bridgehead atoms. The van der Waals surface area contributed by atoms with E-state index >= 15 is 0 Å². The molecule has 0 saturated heterocycles. The van der Waals surface area contributed by atoms with E-state index in [0.29, 0.717) is 11.1 Å². The highest BCUT2D eigenvalue weighted by molar-refractivity contribution is 6.31. The average Bonchev–Trinajstić information content (AvgIpc) is 2.67. The number of ether oxygens (including phenoxy) is 2. The van der Waals surface area contributed by atoms with Gasteiger partial charge in [0.1, 0.15) is 22.7 Å². The summed E-state index contributed by atoms with van der Waals surface area (Å²) in [7, 11) is 0. The fraction of sp³-hybridized carbons (Fsp3) is 0.300. The van der Waals surface area contributed by atoms with Crippen molar-refractivity contribution >= 4 is 40.3 Å². The van der Waals surface area contributed by atoms with E-state index in [1.165, 1.54) is 0 Å². The lowest BCUT2D eigenvalue weighted by Crippen LogP contribution is -2.42. The minimum Gasteiger partial charge on any atom is -0.465 e. The Morgan fingerprint density at radius 1 is 1.14 bits per heavy atom. The molecule has 2 unspecified atom stereocenters. The van der Waals surface area contributed by atoms with Gasteiger partial charge in [0.05, 0.1) is 24.3 Å². The third kappa shape index (κ3) is 3.88. The van der Waals surface area contributed by atoms with Crippen molar-refractivity contribution in [2.45, 2.75) is 19.8 Å². The highest BCUT2D eigenvalue weighted by Crippen LogP contribution is 2.41. The molecule has 0 fully saturated rings. The summed E-state index contributed by atoms with van der Waals surface area (Å²) in [6.07, 6.45) is 0. The fourth-order valence-corrected chi connectivity index (χ4v) is 3.62. The molecule has 9 heteroatoms. The van der Waals surface area contributed by atoms with E-state index in [1.807, 2.05) is 18.2 Å². The van der Waals surface area contributed by atoms with Gasteiger partial charge in [0.2, 0.25) is 0 Å². The molecule has 2 heterocycles. The topological polar surface area (TPSA) is 130 Å². The molecule has 0 radical (unpaired) electrons. The molecule has 0 aliphatic carbocycles. The van der Waals surface area contributed by atoms with Crippen molar-refractivity contribution in [1.29, 1.82) is 0 Å². The Morgan fingerprint density at radius 3 is 2.52 bits per heavy atom. The number of hydrogen-bond acceptors (Lipinski definition) is 8. The zero-order chi connectivity index (χ0) is 21.1. The SMILES string of the molecule is CCOC(=O)C1=C(N)N=C(N)C(C(=O)OCC)C1c1cc2ccccc2nc1Cl. The molecule has 0 amide bonds. The zero-order valence-corrected chi connectivity index (χ0v) is 16.8. The number of fused-ring (bicyclic) bond motifs is 1. The van der Waals surface area contributed by atoms with Gasteiger partial charge in [0.25, 0.3) is 0 Å². The van der Waals surface area contributed by atoms with Gasteiger partial charge in [0.15, 0.2) is 0 Å². The summed E-state index contributed by atoms with van der Waals surface area (Å²) >= 11 is 6.47. The minimum absolute atomic E-state index is 0.00177. The van der Waals surface area contributed by atoms with Crippen molar-refractivity contribution in [2.24, 2.45) is 22.4 Å². The van der Waals surface area contributed by atoms with Gasteiger partial charge >= 0.3 is 11.9 Å². The van der Waals surface area contributed by atoms with Gasteiger partial charge in [0, 0.05) is 11.3 Å². The van der Waals surface area contributed by atoms with Crippen molar-refractivity contribution in [3.63, 3.8) is 0 Å². The molecular weight excluding hydrogens is 396 g/mol. The highest BCUT2D eigenvalue weighted by atomic mass is 35.5. The van der Waals surface area contributed by atoms with Crippen molar-refractivity contribution in [1.82, 2.24) is 4.98 Å². The highest BCUT2D eigenvalue weighted by Gasteiger charge is 2.44. The average molecular weight is 417 g/mol. The Labute approximate surface area is 172 Å². The normalized spacial score (nSPS) is 19.1. The predicted octanol–water partition coefficient (Wildman–Crippen LogP) is 2.26. The number of nitrogens with zero attached hydrogens (tertiary/aromatic N) is 2. The van der Waals surface area contributed by atoms with Gasteiger partial charge < -0.3 is 20.9 Å². The molecule has 2 aromatic rings. The summed E-state index contributed by atoms with van der Waals surface area (Å²) in [5.74, 6) is -3.58. The number of pyridine rings is 1. The molecule has 3 rings (SSSR count). The van der Waals surface area contributed by atoms with E-state index < -0.39 is 23.8 Å². The number of amidine groups is 1. The Hall–Kier alpha value is -3.13. The van der Waals surface area contributed by atoms with E-state index in [0.717, 1.165) is 5.39 Å². The van der Waals surface area contributed by atoms with E-state index in [-0.39, 0.29) is 35.6 Å². The molecule has 1 aromatic heterocycles. The number of esters is 2. The van der Waals surface area contributed by atoms with Gasteiger partial charge in [-0.2, -0.15) is 0 Å². The number of benzene rings is 1. The number of carbonyl (C=O) groups is 2. The third-order valence-corrected chi connectivity index (χ3v) is 4.87. The molecule has 29 heavy (non-hydrogen) atoms. The van der Waals surface area contributed by atoms with Crippen LogP contribution in [0.15, 0.2) is 46.7 Å². The maximum Gasteiger partial charge on any atom is 0.338 e. The van der Waals surface area contributed by atoms with Crippen LogP contribution in [0.3, 0.4) is 0 Å². The van der Waals surface area contributed by atoms with Crippen LogP contribution >= 0.6 is 11.6 Å². The van der Waals surface area contributed by atoms with Crippen LogP contribution in [-0.4, -0.2) is 36.0 Å². The second-order valence-corrected chi connectivity index (χ2v) is 6.68. The first kappa shape index (κ1) is 20.6. The number of nitrogens with two attached hydrogens (primary N) is 2. The molecule has 8 nitrogen and oxygen atoms in total. The van der Waals surface area contributed by atoms with Crippen molar-refractivity contribution < 1.29 is 19.1 Å². The van der Waals surface area contributed by atoms with Gasteiger partial charge in [-0.1, -0.05) is 29.8 Å². The standard InChI is InChI=1S/C20H21ClN4O4/c1-3-28-19(26)14-13(15(20(27)29-4-2)18(23)25-17(14)22)11-9-10-7-5-6-8-12(10)24-16(11)21/h5-9,13-14H,3-4,23H2,1-2H3,(H2,22,25). The van der Waals surface area contributed by atoms with E-state index in [1.54, 1.807) is 26.0 Å². The molecule has 1 aliphatic heterocycles. The first-order valence-corrected chi connectivity index (χ1v) is 9.49. The van der Waals surface area contributed by atoms with E-state index in [2.05, 4.69) is 9.98 Å². The smallest absolute Gasteiger partial charge is 0.338 e. The van der Waals surface area contributed by atoms with Crippen LogP contribution in [0.25, 0.3) is 10.9 Å². The summed E-state index contributed by atoms with van der Waals surface area (Å²) in [5, 5.41) is 0.893. The van der Waals surface area contributed by atoms with Crippen molar-refractivity contribution in [3.05, 3.63) is 52.4 Å². The Balaban J connectivity index is 2.25. The molecule has 1 aliphatic rings. The van der Waals surface area contributed by atoms with Crippen LogP contribution in [-0.2, 0) is 19.1 Å². The molecule has 2 atom stereocenters. The predicted molar refractivity (Wildman–Crippen MR) is 109 cm³/mol. The molecule has 4 N–H and O–H groups in total. The van der Waals surface area contributed by atoms with Crippen LogP contribution < -0.4 is 11.5 Å². The van der Waals surface area contributed by atoms with Crippen molar-refractivity contribution in [3.8, 4) is 0 Å². The van der Waals surface area contributed by atoms with Gasteiger partial charge in [-0.15, -0.1) is 0 Å². The first-order valence-electron chi connectivity index (χ1n) is 9.11. The Kier molecular flexibility index (Phi) is 6.03. The Bertz CT molecular complexity index is 1030. The molecule has 152 valence electrons. The second kappa shape index (κ2) is 8.48. The minimum atomic E-state index is -1.10. The lowest BCUT2D eigenvalue weighted by Gasteiger charge is -2.31. The van der Waals surface area contributed by atoms with Gasteiger partial charge in [-0.3, -0.25) is 4.79 Å². The molecular formula is C20H21ClN4O4. The monoisotopic (exact) mass is 416 g/mol. The summed E-state index contributed by atoms with van der Waals surface area (Å²) < 4.78 is 10.3. The number of rotatable bonds is 5. The maximum atomic E-state index is 12.7. The van der Waals surface area contributed by atoms with Crippen LogP contribution in [0.5, 0.6) is 0 Å². The number of aromatic nitrogens is 1. The number of para-hydroxylation sites is 1. The quantitative estimate of drug-likeness (QED) is 0.564. The summed E-state index contributed by atoms with van der Waals surface area (Å²) in [6, 6.07) is 9.09. The van der Waals surface area contributed by atoms with Crippen molar-refractivity contribution in [2.75, 3.05) is 13.2 Å². The molecule has 0 saturated carbocycles. The second-order valence-electron chi connectivity index (χ2n) is 6.32. The zero-order valence-electron chi connectivity index (χ0n) is 16.0. The van der Waals surface area contributed by atoms with Crippen LogP contribution in [0.2, 0.25) is 5.15 Å². The molecule has 1 aromatic carbocycles. The summed E-state index contributed by atoms with van der Waals surface area (Å²) in [5.41, 5.74) is 13.1. The molecule has 0 spiro atoms. The lowest BCUT2D eigenvalue weighted by molar-refractivity contribution is -0.146. The largest absolute Gasteiger partial charge is 0.465 e. The summed E-state index contributed by atoms with van der Waals surface area (Å²) in [4.78, 5) is 33.9. The van der Waals surface area contributed by atoms with E-state index in [4.69, 9.17) is 32.5 Å².